The minimum atomic E-state index is -0.799. The standard InChI is InChI=1S/C22H21N3O7/c1-22(2,3)32-21(27)23-19(13-20(23)26)18(15-6-10-17(11-7-15)25(30)31)12-14-4-8-16(9-5-14)24(28)29/h4-12,19H,13H2,1-3H3. The van der Waals surface area contributed by atoms with Crippen molar-refractivity contribution in [3.63, 3.8) is 0 Å². The minimum Gasteiger partial charge on any atom is -0.443 e. The van der Waals surface area contributed by atoms with E-state index in [1.807, 2.05) is 0 Å². The molecular formula is C22H21N3O7. The van der Waals surface area contributed by atoms with E-state index >= 15 is 0 Å². The predicted octanol–water partition coefficient (Wildman–Crippen LogP) is 4.58. The molecule has 1 unspecified atom stereocenters. The third-order valence-corrected chi connectivity index (χ3v) is 4.74. The normalized spacial score (nSPS) is 16.3. The summed E-state index contributed by atoms with van der Waals surface area (Å²) in [5.41, 5.74) is 0.754. The number of hydrogen-bond donors (Lipinski definition) is 0. The Hall–Kier alpha value is -4.08. The Kier molecular flexibility index (Phi) is 6.06. The van der Waals surface area contributed by atoms with Gasteiger partial charge in [-0.05, 0) is 67.8 Å². The first-order chi connectivity index (χ1) is 15.0. The van der Waals surface area contributed by atoms with Crippen molar-refractivity contribution in [2.75, 3.05) is 0 Å². The number of nitrogens with zero attached hydrogens (tertiary/aromatic N) is 3. The number of carbonyl (C=O) groups is 2. The number of imide groups is 1. The molecule has 1 aliphatic rings. The number of nitro benzene ring substituents is 2. The van der Waals surface area contributed by atoms with Crippen molar-refractivity contribution in [3.05, 3.63) is 79.9 Å². The van der Waals surface area contributed by atoms with Crippen molar-refractivity contribution in [3.8, 4) is 0 Å². The van der Waals surface area contributed by atoms with Crippen molar-refractivity contribution >= 4 is 35.0 Å². The Morgan fingerprint density at radius 2 is 1.50 bits per heavy atom. The molecule has 0 aliphatic carbocycles. The second kappa shape index (κ2) is 8.58. The van der Waals surface area contributed by atoms with Crippen LogP contribution in [0.4, 0.5) is 16.2 Å². The zero-order valence-corrected chi connectivity index (χ0v) is 17.7. The molecule has 1 fully saturated rings. The molecule has 10 heteroatoms. The maximum absolute atomic E-state index is 12.6. The molecule has 1 heterocycles. The molecule has 0 bridgehead atoms. The molecule has 166 valence electrons. The summed E-state index contributed by atoms with van der Waals surface area (Å²) in [5.74, 6) is -0.402. The van der Waals surface area contributed by atoms with Crippen LogP contribution in [0.15, 0.2) is 48.5 Å². The van der Waals surface area contributed by atoms with Gasteiger partial charge in [0.2, 0.25) is 5.91 Å². The Labute approximate surface area is 183 Å². The van der Waals surface area contributed by atoms with Crippen molar-refractivity contribution in [2.24, 2.45) is 0 Å². The van der Waals surface area contributed by atoms with Crippen LogP contribution in [0, 0.1) is 20.2 Å². The third kappa shape index (κ3) is 4.97. The zero-order chi connectivity index (χ0) is 23.6. The summed E-state index contributed by atoms with van der Waals surface area (Å²) in [4.78, 5) is 46.8. The molecule has 2 amide bonds. The van der Waals surface area contributed by atoms with E-state index in [0.717, 1.165) is 4.90 Å². The topological polar surface area (TPSA) is 133 Å². The van der Waals surface area contributed by atoms with Crippen molar-refractivity contribution in [1.82, 2.24) is 4.90 Å². The minimum absolute atomic E-state index is 0.0506. The number of rotatable bonds is 5. The molecular weight excluding hydrogens is 418 g/mol. The number of benzene rings is 2. The number of hydrogen-bond acceptors (Lipinski definition) is 7. The molecule has 0 aromatic heterocycles. The Morgan fingerprint density at radius 3 is 1.94 bits per heavy atom. The van der Waals surface area contributed by atoms with E-state index in [4.69, 9.17) is 4.74 Å². The fourth-order valence-electron chi connectivity index (χ4n) is 3.22. The first-order valence-electron chi connectivity index (χ1n) is 9.72. The molecule has 0 N–H and O–H groups in total. The second-order valence-electron chi connectivity index (χ2n) is 8.22. The number of β-lactam (4-membered cyclic amide) rings is 1. The molecule has 1 atom stereocenters. The average molecular weight is 439 g/mol. The van der Waals surface area contributed by atoms with Gasteiger partial charge < -0.3 is 4.74 Å². The van der Waals surface area contributed by atoms with Gasteiger partial charge in [0.1, 0.15) is 5.60 Å². The number of amides is 2. The molecule has 1 saturated heterocycles. The molecule has 3 rings (SSSR count). The van der Waals surface area contributed by atoms with Gasteiger partial charge in [-0.15, -0.1) is 0 Å². The van der Waals surface area contributed by atoms with Crippen LogP contribution >= 0.6 is 0 Å². The lowest BCUT2D eigenvalue weighted by Crippen LogP contribution is -2.57. The van der Waals surface area contributed by atoms with Crippen LogP contribution in [0.1, 0.15) is 38.3 Å². The predicted molar refractivity (Wildman–Crippen MR) is 116 cm³/mol. The summed E-state index contributed by atoms with van der Waals surface area (Å²) in [6.07, 6.45) is 0.962. The molecule has 0 radical (unpaired) electrons. The lowest BCUT2D eigenvalue weighted by Gasteiger charge is -2.40. The number of carbonyl (C=O) groups excluding carboxylic acids is 2. The Balaban J connectivity index is 2.02. The van der Waals surface area contributed by atoms with Gasteiger partial charge in [0, 0.05) is 24.3 Å². The Bertz CT molecular complexity index is 1100. The van der Waals surface area contributed by atoms with Gasteiger partial charge in [-0.3, -0.25) is 25.0 Å². The van der Waals surface area contributed by atoms with Gasteiger partial charge in [-0.1, -0.05) is 0 Å². The highest BCUT2D eigenvalue weighted by molar-refractivity contribution is 6.04. The second-order valence-corrected chi connectivity index (χ2v) is 8.22. The van der Waals surface area contributed by atoms with Crippen LogP contribution in [0.2, 0.25) is 0 Å². The SMILES string of the molecule is CC(C)(C)OC(=O)N1C(=O)CC1C(=Cc1ccc([N+](=O)[O-])cc1)c1ccc([N+](=O)[O-])cc1. The molecule has 2 aromatic carbocycles. The Morgan fingerprint density at radius 1 is 1.00 bits per heavy atom. The molecule has 0 spiro atoms. The van der Waals surface area contributed by atoms with Crippen LogP contribution in [0.3, 0.4) is 0 Å². The summed E-state index contributed by atoms with van der Waals surface area (Å²) in [7, 11) is 0. The monoisotopic (exact) mass is 439 g/mol. The molecule has 2 aromatic rings. The summed E-state index contributed by atoms with van der Waals surface area (Å²) in [5, 5.41) is 21.9. The van der Waals surface area contributed by atoms with Gasteiger partial charge in [-0.25, -0.2) is 9.69 Å². The number of non-ortho nitro benzene ring substituents is 2. The smallest absolute Gasteiger partial charge is 0.417 e. The van der Waals surface area contributed by atoms with E-state index in [9.17, 15) is 29.8 Å². The highest BCUT2D eigenvalue weighted by Crippen LogP contribution is 2.36. The van der Waals surface area contributed by atoms with Crippen LogP contribution < -0.4 is 0 Å². The largest absolute Gasteiger partial charge is 0.443 e. The van der Waals surface area contributed by atoms with Gasteiger partial charge in [0.15, 0.2) is 0 Å². The van der Waals surface area contributed by atoms with E-state index in [2.05, 4.69) is 0 Å². The lowest BCUT2D eigenvalue weighted by atomic mass is 9.87. The number of likely N-dealkylation sites (tertiary alicyclic amines) is 1. The van der Waals surface area contributed by atoms with Gasteiger partial charge in [-0.2, -0.15) is 0 Å². The highest BCUT2D eigenvalue weighted by Gasteiger charge is 2.45. The summed E-state index contributed by atoms with van der Waals surface area (Å²) in [6, 6.07) is 10.9. The maximum Gasteiger partial charge on any atom is 0.417 e. The lowest BCUT2D eigenvalue weighted by molar-refractivity contribution is -0.385. The summed E-state index contributed by atoms with van der Waals surface area (Å²) in [6.45, 7) is 5.07. The first kappa shape index (κ1) is 22.6. The van der Waals surface area contributed by atoms with Crippen LogP contribution in [0.5, 0.6) is 0 Å². The quantitative estimate of drug-likeness (QED) is 0.288. The van der Waals surface area contributed by atoms with Crippen LogP contribution in [-0.4, -0.2) is 38.4 Å². The van der Waals surface area contributed by atoms with E-state index in [1.54, 1.807) is 39.0 Å². The van der Waals surface area contributed by atoms with Gasteiger partial charge in [0.25, 0.3) is 11.4 Å². The average Bonchev–Trinajstić information content (AvgIpc) is 2.69. The van der Waals surface area contributed by atoms with Crippen molar-refractivity contribution in [2.45, 2.75) is 38.8 Å². The van der Waals surface area contributed by atoms with Gasteiger partial charge in [0.05, 0.1) is 22.3 Å². The zero-order valence-electron chi connectivity index (χ0n) is 17.7. The fourth-order valence-corrected chi connectivity index (χ4v) is 3.22. The first-order valence-corrected chi connectivity index (χ1v) is 9.72. The molecule has 32 heavy (non-hydrogen) atoms. The van der Waals surface area contributed by atoms with Crippen LogP contribution in [-0.2, 0) is 9.53 Å². The van der Waals surface area contributed by atoms with E-state index in [1.165, 1.54) is 36.4 Å². The van der Waals surface area contributed by atoms with E-state index in [-0.39, 0.29) is 17.8 Å². The molecule has 0 saturated carbocycles. The third-order valence-electron chi connectivity index (χ3n) is 4.74. The number of ether oxygens (including phenoxy) is 1. The van der Waals surface area contributed by atoms with Crippen LogP contribution in [0.25, 0.3) is 11.6 Å². The summed E-state index contributed by atoms with van der Waals surface area (Å²) >= 11 is 0. The maximum atomic E-state index is 12.6. The number of nitro groups is 2. The highest BCUT2D eigenvalue weighted by atomic mass is 16.6. The molecule has 1 aliphatic heterocycles. The van der Waals surface area contributed by atoms with Crippen molar-refractivity contribution < 1.29 is 24.2 Å². The fraction of sp³-hybridized carbons (Fsp3) is 0.273. The molecule has 10 nitrogen and oxygen atoms in total. The van der Waals surface area contributed by atoms with E-state index < -0.39 is 33.5 Å². The van der Waals surface area contributed by atoms with Gasteiger partial charge >= 0.3 is 6.09 Å². The van der Waals surface area contributed by atoms with E-state index in [0.29, 0.717) is 16.7 Å². The van der Waals surface area contributed by atoms with Crippen molar-refractivity contribution in [1.29, 1.82) is 0 Å². The summed E-state index contributed by atoms with van der Waals surface area (Å²) < 4.78 is 5.35.